The van der Waals surface area contributed by atoms with E-state index in [1.54, 1.807) is 39.5 Å². The number of nitrogens with zero attached hydrogens (tertiary/aromatic N) is 10. The molecule has 0 spiro atoms. The lowest BCUT2D eigenvalue weighted by atomic mass is 9.85. The number of hydrogen-bond acceptors (Lipinski definition) is 20. The second-order valence-corrected chi connectivity index (χ2v) is 32.0. The predicted molar refractivity (Wildman–Crippen MR) is 399 cm³/mol. The first-order chi connectivity index (χ1) is 49.2. The summed E-state index contributed by atoms with van der Waals surface area (Å²) in [6, 6.07) is 19.5. The summed E-state index contributed by atoms with van der Waals surface area (Å²) in [5.74, 6) is -0.180. The van der Waals surface area contributed by atoms with Gasteiger partial charge in [-0.15, -0.1) is 54.4 Å². The van der Waals surface area contributed by atoms with Crippen LogP contribution in [0.5, 0.6) is 0 Å². The Morgan fingerprint density at radius 3 is 1.76 bits per heavy atom. The van der Waals surface area contributed by atoms with Crippen molar-refractivity contribution in [1.82, 2.24) is 60.7 Å². The molecule has 7 atom stereocenters. The Bertz CT molecular complexity index is 4460. The van der Waals surface area contributed by atoms with Gasteiger partial charge in [0.2, 0.25) is 29.5 Å². The van der Waals surface area contributed by atoms with Crippen LogP contribution in [0.25, 0.3) is 20.4 Å². The van der Waals surface area contributed by atoms with E-state index in [2.05, 4.69) is 74.3 Å². The van der Waals surface area contributed by atoms with E-state index in [1.807, 2.05) is 137 Å². The molecule has 3 aliphatic heterocycles. The number of aliphatic hydroxyl groups excluding tert-OH is 1. The summed E-state index contributed by atoms with van der Waals surface area (Å²) in [6.45, 7) is 24.1. The number of fused-ring (bicyclic) bond motifs is 6. The molecule has 1 saturated heterocycles. The highest BCUT2D eigenvalue weighted by atomic mass is 35.5. The highest BCUT2D eigenvalue weighted by molar-refractivity contribution is 7.15. The highest BCUT2D eigenvalue weighted by Crippen LogP contribution is 2.43. The molecule has 3 aromatic carbocycles. The summed E-state index contributed by atoms with van der Waals surface area (Å²) in [4.78, 5) is 89.5. The average Bonchev–Trinajstić information content (AvgIpc) is 1.59. The van der Waals surface area contributed by atoms with Gasteiger partial charge >= 0.3 is 0 Å². The molecule has 2 unspecified atom stereocenters. The number of likely N-dealkylation sites (tertiary alicyclic amines) is 1. The maximum Gasteiger partial charge on any atom is 0.246 e. The molecular weight excluding hydrogens is 1410 g/mol. The number of β-amino-alcohol motifs (C(OH)–C–C–N with tert-alkyl or cyclic N) is 1. The lowest BCUT2D eigenvalue weighted by Crippen LogP contribution is -2.58. The lowest BCUT2D eigenvalue weighted by molar-refractivity contribution is -0.144. The molecule has 0 bridgehead atoms. The molecule has 0 radical (unpaired) electrons. The van der Waals surface area contributed by atoms with Crippen LogP contribution in [0, 0.1) is 65.2 Å². The van der Waals surface area contributed by atoms with Gasteiger partial charge in [-0.3, -0.25) is 43.1 Å². The number of nitrogens with one attached hydrogen (secondary N) is 4. The number of aromatic nitrogens is 7. The predicted octanol–water partition coefficient (Wildman–Crippen LogP) is 10.2. The Morgan fingerprint density at radius 1 is 0.650 bits per heavy atom. The zero-order valence-corrected chi connectivity index (χ0v) is 63.9. The molecule has 8 aromatic rings. The van der Waals surface area contributed by atoms with Gasteiger partial charge in [-0.2, -0.15) is 0 Å². The summed E-state index contributed by atoms with van der Waals surface area (Å²) >= 11 is 17.5. The van der Waals surface area contributed by atoms with Crippen molar-refractivity contribution in [3.8, 4) is 20.4 Å². The van der Waals surface area contributed by atoms with E-state index < -0.39 is 71.3 Å². The Morgan fingerprint density at radius 2 is 1.18 bits per heavy atom. The Hall–Kier alpha value is -7.96. The Kier molecular flexibility index (Phi) is 24.4. The quantitative estimate of drug-likeness (QED) is 0.0272. The highest BCUT2D eigenvalue weighted by Gasteiger charge is 2.45. The van der Waals surface area contributed by atoms with Gasteiger partial charge in [-0.1, -0.05) is 106 Å². The van der Waals surface area contributed by atoms with Gasteiger partial charge in [0.25, 0.3) is 0 Å². The second-order valence-electron chi connectivity index (χ2n) is 27.8. The average molecular weight is 1500 g/mol. The maximum absolute atomic E-state index is 14.4. The fourth-order valence-electron chi connectivity index (χ4n) is 12.8. The second kappa shape index (κ2) is 33.0. The van der Waals surface area contributed by atoms with Crippen LogP contribution in [0.4, 0.5) is 0 Å². The minimum absolute atomic E-state index is 0.00886. The third-order valence-electron chi connectivity index (χ3n) is 18.7. The van der Waals surface area contributed by atoms with Gasteiger partial charge in [0.15, 0.2) is 11.6 Å². The van der Waals surface area contributed by atoms with Crippen molar-refractivity contribution >= 4 is 98.2 Å². The van der Waals surface area contributed by atoms with Crippen molar-refractivity contribution in [1.29, 1.82) is 0 Å². The van der Waals surface area contributed by atoms with Crippen LogP contribution in [0.2, 0.25) is 10.0 Å². The van der Waals surface area contributed by atoms with E-state index in [1.165, 1.54) is 4.90 Å². The number of aliphatic imine (C=N–C) groups is 2. The summed E-state index contributed by atoms with van der Waals surface area (Å²) in [6.07, 6.45) is -0.900. The van der Waals surface area contributed by atoms with Crippen LogP contribution in [0.1, 0.15) is 137 Å². The summed E-state index contributed by atoms with van der Waals surface area (Å²) in [5, 5.41) is 43.8. The third-order valence-corrected chi connectivity index (χ3v) is 22.6. The van der Waals surface area contributed by atoms with Gasteiger partial charge in [0, 0.05) is 80.1 Å². The molecule has 5 amide bonds. The zero-order chi connectivity index (χ0) is 73.6. The van der Waals surface area contributed by atoms with Gasteiger partial charge in [0.05, 0.1) is 92.2 Å². The number of ether oxygens (including phenoxy) is 4. The van der Waals surface area contributed by atoms with E-state index in [4.69, 9.17) is 52.1 Å². The van der Waals surface area contributed by atoms with Crippen molar-refractivity contribution in [3.63, 3.8) is 0 Å². The van der Waals surface area contributed by atoms with Crippen LogP contribution < -0.4 is 21.3 Å². The molecule has 8 heterocycles. The molecule has 24 nitrogen and oxygen atoms in total. The first-order valence-electron chi connectivity index (χ1n) is 34.3. The van der Waals surface area contributed by atoms with Crippen molar-refractivity contribution in [3.05, 3.63) is 166 Å². The minimum atomic E-state index is -1.06. The summed E-state index contributed by atoms with van der Waals surface area (Å²) < 4.78 is 28.6. The van der Waals surface area contributed by atoms with E-state index in [9.17, 15) is 29.1 Å². The molecule has 103 heavy (non-hydrogen) atoms. The van der Waals surface area contributed by atoms with Gasteiger partial charge in [0.1, 0.15) is 52.4 Å². The first kappa shape index (κ1) is 76.2. The fraction of sp³-hybridized carbons (Fsp3) is 0.459. The number of carbonyl (C=O) groups is 5. The molecule has 1 fully saturated rings. The molecule has 5 aromatic heterocycles. The Balaban J connectivity index is 0.699. The number of hydrogen-bond donors (Lipinski definition) is 5. The third kappa shape index (κ3) is 17.6. The molecule has 3 aliphatic rings. The number of benzene rings is 3. The van der Waals surface area contributed by atoms with Crippen LogP contribution >= 0.6 is 57.2 Å². The van der Waals surface area contributed by atoms with Gasteiger partial charge in [-0.25, -0.2) is 4.98 Å². The number of carbonyl (C=O) groups excluding carboxylic acids is 5. The molecule has 5 N–H and O–H groups in total. The van der Waals surface area contributed by atoms with Crippen LogP contribution in [-0.4, -0.2) is 176 Å². The van der Waals surface area contributed by atoms with Crippen molar-refractivity contribution in [2.24, 2.45) is 26.7 Å². The van der Waals surface area contributed by atoms with E-state index in [0.29, 0.717) is 33.3 Å². The largest absolute Gasteiger partial charge is 0.391 e. The topological polar surface area (TPSA) is 293 Å². The van der Waals surface area contributed by atoms with E-state index >= 15 is 0 Å². The molecule has 0 saturated carbocycles. The summed E-state index contributed by atoms with van der Waals surface area (Å²) in [7, 11) is 0. The molecule has 29 heteroatoms. The van der Waals surface area contributed by atoms with Crippen molar-refractivity contribution < 1.29 is 48.0 Å². The van der Waals surface area contributed by atoms with Crippen molar-refractivity contribution in [2.75, 3.05) is 72.5 Å². The standard InChI is InChI=1S/C74H88Cl2N14O10S3/c1-40-44(5)102-71-59(40)62(49-17-21-52(75)22-18-49)81-55(66-86-84-46(7)89(66)71)32-57(92)77-25-27-98-36-74(12,37-99-28-26-78-68(94)42(3)61-67-87-85-47(8)90(67)72-60(41(2)45(6)103-72)63(83-61)50-19-23-53(76)24-20-50)38-100-30-29-97-35-58(93)82-65(73(9,10)11)70(96)88-34-54(91)31-56(88)69(95)79-33-48-13-15-51(16-14-48)64-43(4)80-39-101-64/h13-24,39,42,54-56,61,65,91H,25-38H2,1-12H3,(H,77,92)(H,78,94)(H,79,95)(H,82,93)/t42?,54-,55+,56+,61+,65-,74?/m1/s1. The fourth-order valence-corrected chi connectivity index (χ4v) is 16.3. The zero-order valence-electron chi connectivity index (χ0n) is 59.9. The molecule has 0 aliphatic carbocycles. The SMILES string of the molecule is Cc1ncsc1-c1ccc(CNC(=O)[C@@H]2C[C@@H](O)CN2C(=O)[C@@H](NC(=O)COCCOCC(C)(COCCNC(=O)C[C@@H]2N=C(c3ccc(Cl)cc3)c3c(sc(C)c3C)-n3c(C)nnc32)COCCNC(=O)C(C)[C@@H]2N=C(c3ccc(Cl)cc3)c3c(sc(C)c3C)-n3c(C)nnc32)C(C)(C)C)cc1. The number of thiazole rings is 1. The monoisotopic (exact) mass is 1500 g/mol. The van der Waals surface area contributed by atoms with Gasteiger partial charge in [-0.05, 0) is 100 Å². The molecular formula is C74H88Cl2N14O10S3. The van der Waals surface area contributed by atoms with Gasteiger partial charge < -0.3 is 50.2 Å². The number of aryl methyl sites for hydroxylation is 5. The normalized spacial score (nSPS) is 17.5. The summed E-state index contributed by atoms with van der Waals surface area (Å²) in [5.41, 5.74) is 10.3. The van der Waals surface area contributed by atoms with Crippen LogP contribution in [0.3, 0.4) is 0 Å². The minimum Gasteiger partial charge on any atom is -0.391 e. The molecule has 546 valence electrons. The number of thiophene rings is 2. The number of halogens is 2. The first-order valence-corrected chi connectivity index (χ1v) is 37.6. The number of amides is 5. The van der Waals surface area contributed by atoms with Crippen LogP contribution in [0.15, 0.2) is 88.3 Å². The number of rotatable bonds is 29. The Labute approximate surface area is 621 Å². The van der Waals surface area contributed by atoms with E-state index in [0.717, 1.165) is 86.3 Å². The lowest BCUT2D eigenvalue weighted by Gasteiger charge is -2.35. The van der Waals surface area contributed by atoms with E-state index in [-0.39, 0.29) is 97.1 Å². The maximum atomic E-state index is 14.4. The smallest absolute Gasteiger partial charge is 0.246 e. The van der Waals surface area contributed by atoms with Crippen molar-refractivity contribution in [2.45, 2.75) is 133 Å². The van der Waals surface area contributed by atoms with Crippen LogP contribution in [-0.2, 0) is 49.5 Å². The number of aliphatic hydroxyl groups is 1. The molecule has 11 rings (SSSR count).